The molecule has 0 radical (unpaired) electrons. The third kappa shape index (κ3) is 2.52. The lowest BCUT2D eigenvalue weighted by Gasteiger charge is -2.07. The first-order chi connectivity index (χ1) is 9.63. The highest BCUT2D eigenvalue weighted by atomic mass is 16.5. The first kappa shape index (κ1) is 13.1. The van der Waals surface area contributed by atoms with Crippen molar-refractivity contribution in [1.29, 1.82) is 0 Å². The first-order valence-corrected chi connectivity index (χ1v) is 6.81. The number of rotatable bonds is 3. The smallest absolute Gasteiger partial charge is 0.240 e. The van der Waals surface area contributed by atoms with Crippen molar-refractivity contribution in [2.24, 2.45) is 5.73 Å². The molecule has 0 saturated carbocycles. The zero-order chi connectivity index (χ0) is 14.1. The number of nitrogens with one attached hydrogen (secondary N) is 2. The van der Waals surface area contributed by atoms with Crippen LogP contribution in [-0.2, 0) is 9.53 Å². The van der Waals surface area contributed by atoms with Gasteiger partial charge in [-0.2, -0.15) is 0 Å². The maximum absolute atomic E-state index is 11.6. The number of carbonyl (C=O) groups is 1. The van der Waals surface area contributed by atoms with E-state index in [-0.39, 0.29) is 12.0 Å². The summed E-state index contributed by atoms with van der Waals surface area (Å²) in [5.74, 6) is 0.649. The molecule has 3 rings (SSSR count). The normalized spacial score (nSPS) is 20.2. The van der Waals surface area contributed by atoms with E-state index in [0.29, 0.717) is 5.69 Å². The molecule has 1 aromatic heterocycles. The molecule has 2 aromatic rings. The fraction of sp³-hybridized carbons (Fsp3) is 0.429. The number of imidazole rings is 1. The predicted molar refractivity (Wildman–Crippen MR) is 76.3 cm³/mol. The number of anilines is 1. The number of ether oxygens (including phenoxy) is 1. The van der Waals surface area contributed by atoms with Crippen molar-refractivity contribution in [3.05, 3.63) is 24.0 Å². The van der Waals surface area contributed by atoms with Crippen LogP contribution in [0.25, 0.3) is 11.0 Å². The third-order valence-electron chi connectivity index (χ3n) is 3.42. The second-order valence-corrected chi connectivity index (χ2v) is 5.13. The predicted octanol–water partition coefficient (Wildman–Crippen LogP) is 1.70. The van der Waals surface area contributed by atoms with Gasteiger partial charge < -0.3 is 20.8 Å². The molecular formula is C14H18N4O2. The Labute approximate surface area is 116 Å². The van der Waals surface area contributed by atoms with Crippen LogP contribution in [0.3, 0.4) is 0 Å². The molecule has 1 saturated heterocycles. The minimum absolute atomic E-state index is 0.0597. The van der Waals surface area contributed by atoms with Crippen molar-refractivity contribution < 1.29 is 9.53 Å². The molecule has 0 bridgehead atoms. The van der Waals surface area contributed by atoms with Gasteiger partial charge in [0.15, 0.2) is 0 Å². The van der Waals surface area contributed by atoms with E-state index >= 15 is 0 Å². The molecular weight excluding hydrogens is 256 g/mol. The van der Waals surface area contributed by atoms with E-state index in [1.54, 1.807) is 6.92 Å². The van der Waals surface area contributed by atoms with Gasteiger partial charge in [-0.1, -0.05) is 0 Å². The molecule has 2 unspecified atom stereocenters. The number of fused-ring (bicyclic) bond motifs is 1. The summed E-state index contributed by atoms with van der Waals surface area (Å²) in [4.78, 5) is 19.4. The van der Waals surface area contributed by atoms with Crippen LogP contribution in [0.1, 0.15) is 31.7 Å². The van der Waals surface area contributed by atoms with Crippen LogP contribution >= 0.6 is 0 Å². The average Bonchev–Trinajstić information content (AvgIpc) is 3.06. The zero-order valence-corrected chi connectivity index (χ0v) is 11.3. The number of carbonyl (C=O) groups excluding carboxylic acids is 1. The summed E-state index contributed by atoms with van der Waals surface area (Å²) in [6.45, 7) is 2.44. The number of H-pyrrole nitrogens is 1. The number of aromatic nitrogens is 2. The lowest BCUT2D eigenvalue weighted by atomic mass is 10.2. The summed E-state index contributed by atoms with van der Waals surface area (Å²) in [5, 5.41) is 2.77. The summed E-state index contributed by atoms with van der Waals surface area (Å²) in [7, 11) is 0. The summed E-state index contributed by atoms with van der Waals surface area (Å²) < 4.78 is 5.61. The van der Waals surface area contributed by atoms with Crippen LogP contribution < -0.4 is 11.1 Å². The van der Waals surface area contributed by atoms with Crippen molar-refractivity contribution >= 4 is 22.6 Å². The number of aromatic amines is 1. The van der Waals surface area contributed by atoms with Gasteiger partial charge in [0.05, 0.1) is 17.1 Å². The fourth-order valence-electron chi connectivity index (χ4n) is 2.31. The Kier molecular flexibility index (Phi) is 3.42. The minimum atomic E-state index is -0.532. The monoisotopic (exact) mass is 274 g/mol. The maximum Gasteiger partial charge on any atom is 0.240 e. The second-order valence-electron chi connectivity index (χ2n) is 5.13. The highest BCUT2D eigenvalue weighted by Crippen LogP contribution is 2.28. The van der Waals surface area contributed by atoms with Gasteiger partial charge >= 0.3 is 0 Å². The van der Waals surface area contributed by atoms with Gasteiger partial charge in [-0.15, -0.1) is 0 Å². The van der Waals surface area contributed by atoms with Gasteiger partial charge in [0.2, 0.25) is 5.91 Å². The Morgan fingerprint density at radius 2 is 2.45 bits per heavy atom. The third-order valence-corrected chi connectivity index (χ3v) is 3.42. The SMILES string of the molecule is CC(N)C(=O)Nc1ccc2nc(C3CCCO3)[nH]c2c1. The van der Waals surface area contributed by atoms with E-state index in [4.69, 9.17) is 10.5 Å². The molecule has 1 aliphatic heterocycles. The quantitative estimate of drug-likeness (QED) is 0.794. The Bertz CT molecular complexity index is 629. The number of nitrogens with zero attached hydrogens (tertiary/aromatic N) is 1. The molecule has 0 aliphatic carbocycles. The van der Waals surface area contributed by atoms with Gasteiger partial charge in [0, 0.05) is 12.3 Å². The first-order valence-electron chi connectivity index (χ1n) is 6.81. The van der Waals surface area contributed by atoms with E-state index in [0.717, 1.165) is 36.3 Å². The van der Waals surface area contributed by atoms with Crippen LogP contribution in [0.2, 0.25) is 0 Å². The van der Waals surface area contributed by atoms with Crippen molar-refractivity contribution in [2.75, 3.05) is 11.9 Å². The van der Waals surface area contributed by atoms with Crippen LogP contribution in [0, 0.1) is 0 Å². The molecule has 4 N–H and O–H groups in total. The van der Waals surface area contributed by atoms with Gasteiger partial charge in [-0.05, 0) is 38.0 Å². The highest BCUT2D eigenvalue weighted by molar-refractivity contribution is 5.96. The average molecular weight is 274 g/mol. The molecule has 106 valence electrons. The minimum Gasteiger partial charge on any atom is -0.370 e. The molecule has 1 amide bonds. The Morgan fingerprint density at radius 1 is 1.60 bits per heavy atom. The molecule has 0 spiro atoms. The Balaban J connectivity index is 1.85. The van der Waals surface area contributed by atoms with Gasteiger partial charge in [-0.25, -0.2) is 4.98 Å². The van der Waals surface area contributed by atoms with E-state index in [1.807, 2.05) is 18.2 Å². The molecule has 1 aromatic carbocycles. The van der Waals surface area contributed by atoms with Crippen LogP contribution in [0.15, 0.2) is 18.2 Å². The summed E-state index contributed by atoms with van der Waals surface area (Å²) in [5.41, 5.74) is 8.00. The van der Waals surface area contributed by atoms with Crippen LogP contribution in [-0.4, -0.2) is 28.5 Å². The van der Waals surface area contributed by atoms with Gasteiger partial charge in [0.25, 0.3) is 0 Å². The molecule has 2 heterocycles. The molecule has 1 aliphatic rings. The number of nitrogens with two attached hydrogens (primary N) is 1. The number of hydrogen-bond acceptors (Lipinski definition) is 4. The second kappa shape index (κ2) is 5.22. The van der Waals surface area contributed by atoms with Crippen molar-refractivity contribution in [1.82, 2.24) is 9.97 Å². The van der Waals surface area contributed by atoms with E-state index in [9.17, 15) is 4.79 Å². The van der Waals surface area contributed by atoms with Crippen LogP contribution in [0.5, 0.6) is 0 Å². The van der Waals surface area contributed by atoms with Crippen molar-refractivity contribution in [3.8, 4) is 0 Å². The largest absolute Gasteiger partial charge is 0.370 e. The number of benzene rings is 1. The standard InChI is InChI=1S/C14H18N4O2/c1-8(15)14(19)16-9-4-5-10-11(7-9)18-13(17-10)12-3-2-6-20-12/h4-5,7-8,12H,2-3,6,15H2,1H3,(H,16,19)(H,17,18). The Morgan fingerprint density at radius 3 is 3.15 bits per heavy atom. The molecule has 1 fully saturated rings. The molecule has 6 heteroatoms. The summed E-state index contributed by atoms with van der Waals surface area (Å²) in [6, 6.07) is 5.03. The molecule has 2 atom stereocenters. The summed E-state index contributed by atoms with van der Waals surface area (Å²) >= 11 is 0. The maximum atomic E-state index is 11.6. The van der Waals surface area contributed by atoms with E-state index in [1.165, 1.54) is 0 Å². The molecule has 20 heavy (non-hydrogen) atoms. The van der Waals surface area contributed by atoms with Gasteiger partial charge in [0.1, 0.15) is 11.9 Å². The Hall–Kier alpha value is -1.92. The zero-order valence-electron chi connectivity index (χ0n) is 11.3. The summed E-state index contributed by atoms with van der Waals surface area (Å²) in [6.07, 6.45) is 2.12. The van der Waals surface area contributed by atoms with E-state index < -0.39 is 6.04 Å². The van der Waals surface area contributed by atoms with Crippen molar-refractivity contribution in [3.63, 3.8) is 0 Å². The van der Waals surface area contributed by atoms with E-state index in [2.05, 4.69) is 15.3 Å². The lowest BCUT2D eigenvalue weighted by Crippen LogP contribution is -2.32. The fourth-order valence-corrected chi connectivity index (χ4v) is 2.31. The topological polar surface area (TPSA) is 93.0 Å². The number of amides is 1. The van der Waals surface area contributed by atoms with Gasteiger partial charge in [-0.3, -0.25) is 4.79 Å². The highest BCUT2D eigenvalue weighted by Gasteiger charge is 2.21. The number of hydrogen-bond donors (Lipinski definition) is 3. The van der Waals surface area contributed by atoms with Crippen LogP contribution in [0.4, 0.5) is 5.69 Å². The molecule has 6 nitrogen and oxygen atoms in total. The lowest BCUT2D eigenvalue weighted by molar-refractivity contribution is -0.117. The van der Waals surface area contributed by atoms with Crippen molar-refractivity contribution in [2.45, 2.75) is 31.9 Å².